The van der Waals surface area contributed by atoms with Gasteiger partial charge in [0.2, 0.25) is 0 Å². The molecule has 1 atom stereocenters. The number of furan rings is 1. The van der Waals surface area contributed by atoms with Crippen LogP contribution < -0.4 is 0 Å². The van der Waals surface area contributed by atoms with Gasteiger partial charge in [-0.3, -0.25) is 4.90 Å². The molecular formula is C15H23NO2. The van der Waals surface area contributed by atoms with Gasteiger partial charge in [0.05, 0.1) is 13.2 Å². The molecule has 0 aromatic carbocycles. The van der Waals surface area contributed by atoms with Crippen LogP contribution in [0.3, 0.4) is 0 Å². The van der Waals surface area contributed by atoms with Crippen molar-refractivity contribution in [1.82, 2.24) is 4.90 Å². The molecule has 0 saturated carbocycles. The van der Waals surface area contributed by atoms with E-state index in [0.717, 1.165) is 37.7 Å². The number of ether oxygens (including phenoxy) is 1. The summed E-state index contributed by atoms with van der Waals surface area (Å²) in [6.07, 6.45) is 4.85. The van der Waals surface area contributed by atoms with Gasteiger partial charge in [0.1, 0.15) is 11.5 Å². The van der Waals surface area contributed by atoms with Gasteiger partial charge in [-0.2, -0.15) is 0 Å². The fourth-order valence-electron chi connectivity index (χ4n) is 3.33. The summed E-state index contributed by atoms with van der Waals surface area (Å²) < 4.78 is 11.4. The first-order valence-electron chi connectivity index (χ1n) is 7.17. The summed E-state index contributed by atoms with van der Waals surface area (Å²) >= 11 is 0. The third-order valence-electron chi connectivity index (χ3n) is 4.37. The molecule has 1 aromatic rings. The van der Waals surface area contributed by atoms with E-state index in [2.05, 4.69) is 24.0 Å². The van der Waals surface area contributed by atoms with Crippen LogP contribution in [0.15, 0.2) is 16.5 Å². The van der Waals surface area contributed by atoms with Crippen molar-refractivity contribution in [3.05, 3.63) is 23.7 Å². The lowest BCUT2D eigenvalue weighted by molar-refractivity contribution is 0.0607. The standard InChI is InChI=1S/C15H23NO2/c1-2-13-4-5-14(18-13)10-16-8-3-6-15(11-16)7-9-17-12-15/h4-5H,2-3,6-12H2,1H3. The van der Waals surface area contributed by atoms with E-state index in [0.29, 0.717) is 5.41 Å². The van der Waals surface area contributed by atoms with E-state index in [1.54, 1.807) is 0 Å². The van der Waals surface area contributed by atoms with Crippen molar-refractivity contribution in [1.29, 1.82) is 0 Å². The largest absolute Gasteiger partial charge is 0.465 e. The SMILES string of the molecule is CCc1ccc(CN2CCCC3(CCOC3)C2)o1. The number of rotatable bonds is 3. The maximum Gasteiger partial charge on any atom is 0.118 e. The monoisotopic (exact) mass is 249 g/mol. The summed E-state index contributed by atoms with van der Waals surface area (Å²) in [6, 6.07) is 4.24. The van der Waals surface area contributed by atoms with Crippen LogP contribution in [0.2, 0.25) is 0 Å². The van der Waals surface area contributed by atoms with Gasteiger partial charge >= 0.3 is 0 Å². The fourth-order valence-corrected chi connectivity index (χ4v) is 3.33. The van der Waals surface area contributed by atoms with E-state index >= 15 is 0 Å². The smallest absolute Gasteiger partial charge is 0.118 e. The number of aryl methyl sites for hydroxylation is 1. The average molecular weight is 249 g/mol. The minimum absolute atomic E-state index is 0.443. The van der Waals surface area contributed by atoms with E-state index < -0.39 is 0 Å². The maximum absolute atomic E-state index is 5.81. The highest BCUT2D eigenvalue weighted by molar-refractivity contribution is 5.07. The molecule has 1 aromatic heterocycles. The summed E-state index contributed by atoms with van der Waals surface area (Å²) in [5.41, 5.74) is 0.443. The van der Waals surface area contributed by atoms with E-state index in [1.165, 1.54) is 32.4 Å². The van der Waals surface area contributed by atoms with Crippen molar-refractivity contribution in [2.45, 2.75) is 39.2 Å². The number of likely N-dealkylation sites (tertiary alicyclic amines) is 1. The molecular weight excluding hydrogens is 226 g/mol. The molecule has 3 nitrogen and oxygen atoms in total. The number of hydrogen-bond donors (Lipinski definition) is 0. The molecule has 0 amide bonds. The normalized spacial score (nSPS) is 29.2. The van der Waals surface area contributed by atoms with Gasteiger partial charge in [-0.15, -0.1) is 0 Å². The Kier molecular flexibility index (Phi) is 3.44. The molecule has 2 saturated heterocycles. The highest BCUT2D eigenvalue weighted by Gasteiger charge is 2.38. The van der Waals surface area contributed by atoms with Gasteiger partial charge in [-0.25, -0.2) is 0 Å². The third kappa shape index (κ3) is 2.47. The zero-order valence-corrected chi connectivity index (χ0v) is 11.3. The molecule has 3 heteroatoms. The Morgan fingerprint density at radius 3 is 2.89 bits per heavy atom. The third-order valence-corrected chi connectivity index (χ3v) is 4.37. The zero-order chi connectivity index (χ0) is 12.4. The van der Waals surface area contributed by atoms with Crippen LogP contribution in [0.5, 0.6) is 0 Å². The molecule has 18 heavy (non-hydrogen) atoms. The second kappa shape index (κ2) is 5.06. The van der Waals surface area contributed by atoms with Crippen molar-refractivity contribution < 1.29 is 9.15 Å². The van der Waals surface area contributed by atoms with E-state index in [9.17, 15) is 0 Å². The quantitative estimate of drug-likeness (QED) is 0.823. The second-order valence-electron chi connectivity index (χ2n) is 5.84. The highest BCUT2D eigenvalue weighted by Crippen LogP contribution is 2.38. The molecule has 3 heterocycles. The van der Waals surface area contributed by atoms with Crippen molar-refractivity contribution in [2.75, 3.05) is 26.3 Å². The Hall–Kier alpha value is -0.800. The van der Waals surface area contributed by atoms with Crippen molar-refractivity contribution >= 4 is 0 Å². The van der Waals surface area contributed by atoms with Crippen LogP contribution in [0.1, 0.15) is 37.7 Å². The van der Waals surface area contributed by atoms with Gasteiger partial charge < -0.3 is 9.15 Å². The molecule has 0 radical (unpaired) electrons. The van der Waals surface area contributed by atoms with Gasteiger partial charge in [-0.1, -0.05) is 6.92 Å². The summed E-state index contributed by atoms with van der Waals surface area (Å²) in [5, 5.41) is 0. The molecule has 0 bridgehead atoms. The molecule has 0 aliphatic carbocycles. The Morgan fingerprint density at radius 1 is 1.28 bits per heavy atom. The Labute approximate surface area is 109 Å². The molecule has 1 unspecified atom stereocenters. The number of nitrogens with zero attached hydrogens (tertiary/aromatic N) is 1. The number of hydrogen-bond acceptors (Lipinski definition) is 3. The Balaban J connectivity index is 1.62. The number of piperidine rings is 1. The zero-order valence-electron chi connectivity index (χ0n) is 11.3. The Bertz CT molecular complexity index is 393. The first kappa shape index (κ1) is 12.2. The van der Waals surface area contributed by atoms with Gasteiger partial charge in [-0.05, 0) is 37.9 Å². The fraction of sp³-hybridized carbons (Fsp3) is 0.733. The van der Waals surface area contributed by atoms with E-state index in [1.807, 2.05) is 0 Å². The van der Waals surface area contributed by atoms with Crippen LogP contribution >= 0.6 is 0 Å². The molecule has 1 spiro atoms. The molecule has 2 aliphatic heterocycles. The Morgan fingerprint density at radius 2 is 2.17 bits per heavy atom. The van der Waals surface area contributed by atoms with Crippen LogP contribution in [-0.4, -0.2) is 31.2 Å². The minimum atomic E-state index is 0.443. The van der Waals surface area contributed by atoms with Crippen LogP contribution in [0.25, 0.3) is 0 Å². The summed E-state index contributed by atoms with van der Waals surface area (Å²) in [6.45, 7) is 7.38. The van der Waals surface area contributed by atoms with E-state index in [4.69, 9.17) is 9.15 Å². The lowest BCUT2D eigenvalue weighted by Crippen LogP contribution is -2.43. The average Bonchev–Trinajstić information content (AvgIpc) is 2.99. The van der Waals surface area contributed by atoms with Crippen molar-refractivity contribution in [2.24, 2.45) is 5.41 Å². The van der Waals surface area contributed by atoms with Crippen LogP contribution in [0, 0.1) is 5.41 Å². The molecule has 0 N–H and O–H groups in total. The van der Waals surface area contributed by atoms with Gasteiger partial charge in [0.15, 0.2) is 0 Å². The van der Waals surface area contributed by atoms with Crippen molar-refractivity contribution in [3.8, 4) is 0 Å². The topological polar surface area (TPSA) is 25.6 Å². The summed E-state index contributed by atoms with van der Waals surface area (Å²) in [5.74, 6) is 2.21. The summed E-state index contributed by atoms with van der Waals surface area (Å²) in [7, 11) is 0. The lowest BCUT2D eigenvalue weighted by atomic mass is 9.79. The second-order valence-corrected chi connectivity index (χ2v) is 5.84. The molecule has 2 aliphatic rings. The van der Waals surface area contributed by atoms with E-state index in [-0.39, 0.29) is 0 Å². The minimum Gasteiger partial charge on any atom is -0.465 e. The first-order valence-corrected chi connectivity index (χ1v) is 7.17. The van der Waals surface area contributed by atoms with Crippen LogP contribution in [-0.2, 0) is 17.7 Å². The first-order chi connectivity index (χ1) is 8.80. The molecule has 100 valence electrons. The van der Waals surface area contributed by atoms with Crippen LogP contribution in [0.4, 0.5) is 0 Å². The van der Waals surface area contributed by atoms with Gasteiger partial charge in [0, 0.05) is 25.0 Å². The summed E-state index contributed by atoms with van der Waals surface area (Å²) in [4.78, 5) is 2.54. The predicted octanol–water partition coefficient (Wildman–Crippen LogP) is 2.84. The van der Waals surface area contributed by atoms with Gasteiger partial charge in [0.25, 0.3) is 0 Å². The lowest BCUT2D eigenvalue weighted by Gasteiger charge is -2.39. The predicted molar refractivity (Wildman–Crippen MR) is 70.5 cm³/mol. The molecule has 3 rings (SSSR count). The molecule has 2 fully saturated rings. The highest BCUT2D eigenvalue weighted by atomic mass is 16.5. The van der Waals surface area contributed by atoms with Crippen molar-refractivity contribution in [3.63, 3.8) is 0 Å². The maximum atomic E-state index is 5.81.